The van der Waals surface area contributed by atoms with E-state index in [1.165, 1.54) is 10.6 Å². The number of hydrogen-bond acceptors (Lipinski definition) is 3. The number of ether oxygens (including phenoxy) is 1. The van der Waals surface area contributed by atoms with E-state index in [1.807, 2.05) is 0 Å². The molecule has 13 heavy (non-hydrogen) atoms. The number of piperidine rings is 1. The van der Waals surface area contributed by atoms with Gasteiger partial charge in [0, 0.05) is 20.2 Å². The number of sulfonamides is 1. The maximum Gasteiger partial charge on any atom is 0.211 e. The van der Waals surface area contributed by atoms with E-state index in [4.69, 9.17) is 4.74 Å². The SMILES string of the molecule is CO[C@@H]1CN(S(C)(=O)=O)CC[C@H]1C. The van der Waals surface area contributed by atoms with Gasteiger partial charge in [-0.25, -0.2) is 8.42 Å². The standard InChI is InChI=1S/C8H17NO3S/c1-7-4-5-9(13(3,10)11)6-8(7)12-2/h7-8H,4-6H2,1-3H3/t7-,8-/m1/s1. The van der Waals surface area contributed by atoms with Gasteiger partial charge in [-0.2, -0.15) is 4.31 Å². The molecule has 0 spiro atoms. The highest BCUT2D eigenvalue weighted by molar-refractivity contribution is 7.88. The maximum atomic E-state index is 11.2. The van der Waals surface area contributed by atoms with Gasteiger partial charge < -0.3 is 4.74 Å². The minimum absolute atomic E-state index is 0.0449. The lowest BCUT2D eigenvalue weighted by molar-refractivity contribution is 0.0185. The van der Waals surface area contributed by atoms with Crippen molar-refractivity contribution in [1.82, 2.24) is 4.31 Å². The summed E-state index contributed by atoms with van der Waals surface area (Å²) in [4.78, 5) is 0. The Labute approximate surface area is 79.9 Å². The molecule has 0 N–H and O–H groups in total. The third-order valence-electron chi connectivity index (χ3n) is 2.62. The summed E-state index contributed by atoms with van der Waals surface area (Å²) >= 11 is 0. The van der Waals surface area contributed by atoms with Crippen molar-refractivity contribution in [1.29, 1.82) is 0 Å². The van der Waals surface area contributed by atoms with Gasteiger partial charge in [-0.1, -0.05) is 6.92 Å². The van der Waals surface area contributed by atoms with E-state index in [0.29, 0.717) is 19.0 Å². The Morgan fingerprint density at radius 2 is 2.08 bits per heavy atom. The molecule has 0 bridgehead atoms. The molecule has 0 radical (unpaired) electrons. The van der Waals surface area contributed by atoms with Crippen LogP contribution in [0.4, 0.5) is 0 Å². The van der Waals surface area contributed by atoms with Gasteiger partial charge in [-0.15, -0.1) is 0 Å². The molecule has 0 aromatic rings. The van der Waals surface area contributed by atoms with E-state index in [9.17, 15) is 8.42 Å². The fraction of sp³-hybridized carbons (Fsp3) is 1.00. The lowest BCUT2D eigenvalue weighted by Crippen LogP contribution is -2.46. The summed E-state index contributed by atoms with van der Waals surface area (Å²) in [6, 6.07) is 0. The van der Waals surface area contributed by atoms with Crippen molar-refractivity contribution in [2.24, 2.45) is 5.92 Å². The van der Waals surface area contributed by atoms with Crippen molar-refractivity contribution in [2.75, 3.05) is 26.5 Å². The van der Waals surface area contributed by atoms with Crippen molar-refractivity contribution in [3.8, 4) is 0 Å². The van der Waals surface area contributed by atoms with Crippen molar-refractivity contribution >= 4 is 10.0 Å². The van der Waals surface area contributed by atoms with Gasteiger partial charge in [-0.05, 0) is 12.3 Å². The topological polar surface area (TPSA) is 46.6 Å². The van der Waals surface area contributed by atoms with Crippen LogP contribution in [0.2, 0.25) is 0 Å². The Balaban J connectivity index is 2.65. The number of methoxy groups -OCH3 is 1. The molecule has 0 saturated carbocycles. The predicted octanol–water partition coefficient (Wildman–Crippen LogP) is 0.303. The summed E-state index contributed by atoms with van der Waals surface area (Å²) in [5, 5.41) is 0. The molecule has 0 aromatic carbocycles. The molecule has 1 saturated heterocycles. The van der Waals surface area contributed by atoms with E-state index >= 15 is 0 Å². The Morgan fingerprint density at radius 1 is 1.46 bits per heavy atom. The van der Waals surface area contributed by atoms with E-state index in [1.54, 1.807) is 7.11 Å². The maximum absolute atomic E-state index is 11.2. The third-order valence-corrected chi connectivity index (χ3v) is 3.89. The van der Waals surface area contributed by atoms with E-state index in [-0.39, 0.29) is 6.10 Å². The zero-order chi connectivity index (χ0) is 10.1. The first kappa shape index (κ1) is 10.9. The van der Waals surface area contributed by atoms with E-state index < -0.39 is 10.0 Å². The Morgan fingerprint density at radius 3 is 2.54 bits per heavy atom. The quantitative estimate of drug-likeness (QED) is 0.654. The Bertz CT molecular complexity index is 263. The van der Waals surface area contributed by atoms with Crippen LogP contribution in [-0.4, -0.2) is 45.3 Å². The van der Waals surface area contributed by atoms with Gasteiger partial charge in [0.2, 0.25) is 10.0 Å². The first-order valence-corrected chi connectivity index (χ1v) is 6.28. The molecule has 0 aromatic heterocycles. The molecule has 1 aliphatic heterocycles. The lowest BCUT2D eigenvalue weighted by Gasteiger charge is -2.34. The van der Waals surface area contributed by atoms with Crippen LogP contribution in [0, 0.1) is 5.92 Å². The first-order chi connectivity index (χ1) is 5.95. The third kappa shape index (κ3) is 2.65. The van der Waals surface area contributed by atoms with Gasteiger partial charge in [0.15, 0.2) is 0 Å². The fourth-order valence-electron chi connectivity index (χ4n) is 1.61. The lowest BCUT2D eigenvalue weighted by atomic mass is 9.97. The molecular weight excluding hydrogens is 190 g/mol. The minimum atomic E-state index is -3.04. The molecule has 1 heterocycles. The van der Waals surface area contributed by atoms with Crippen LogP contribution in [-0.2, 0) is 14.8 Å². The zero-order valence-electron chi connectivity index (χ0n) is 8.36. The Hall–Kier alpha value is -0.130. The first-order valence-electron chi connectivity index (χ1n) is 4.43. The van der Waals surface area contributed by atoms with Gasteiger partial charge in [-0.3, -0.25) is 0 Å². The molecule has 1 fully saturated rings. The van der Waals surface area contributed by atoms with Gasteiger partial charge in [0.05, 0.1) is 12.4 Å². The van der Waals surface area contributed by atoms with E-state index in [2.05, 4.69) is 6.92 Å². The number of nitrogens with zero attached hydrogens (tertiary/aromatic N) is 1. The largest absolute Gasteiger partial charge is 0.380 e. The van der Waals surface area contributed by atoms with Crippen LogP contribution in [0.5, 0.6) is 0 Å². The van der Waals surface area contributed by atoms with Crippen LogP contribution in [0.3, 0.4) is 0 Å². The molecule has 0 aliphatic carbocycles. The second kappa shape index (κ2) is 3.94. The molecule has 0 amide bonds. The highest BCUT2D eigenvalue weighted by Crippen LogP contribution is 2.20. The second-order valence-electron chi connectivity index (χ2n) is 3.66. The zero-order valence-corrected chi connectivity index (χ0v) is 9.17. The van der Waals surface area contributed by atoms with Crippen LogP contribution >= 0.6 is 0 Å². The van der Waals surface area contributed by atoms with Crippen LogP contribution in [0.1, 0.15) is 13.3 Å². The molecule has 0 unspecified atom stereocenters. The molecule has 2 atom stereocenters. The fourth-order valence-corrected chi connectivity index (χ4v) is 2.47. The number of hydrogen-bond donors (Lipinski definition) is 0. The summed E-state index contributed by atoms with van der Waals surface area (Å²) in [5.41, 5.74) is 0. The molecule has 78 valence electrons. The molecule has 1 aliphatic rings. The highest BCUT2D eigenvalue weighted by Gasteiger charge is 2.30. The van der Waals surface area contributed by atoms with Crippen molar-refractivity contribution in [2.45, 2.75) is 19.4 Å². The molecule has 1 rings (SSSR count). The summed E-state index contributed by atoms with van der Waals surface area (Å²) in [7, 11) is -1.41. The van der Waals surface area contributed by atoms with Crippen molar-refractivity contribution < 1.29 is 13.2 Å². The summed E-state index contributed by atoms with van der Waals surface area (Å²) in [6.07, 6.45) is 2.17. The Kier molecular flexibility index (Phi) is 3.32. The number of rotatable bonds is 2. The van der Waals surface area contributed by atoms with E-state index in [0.717, 1.165) is 6.42 Å². The summed E-state index contributed by atoms with van der Waals surface area (Å²) < 4.78 is 29.2. The predicted molar refractivity (Wildman–Crippen MR) is 51.0 cm³/mol. The van der Waals surface area contributed by atoms with Gasteiger partial charge in [0.25, 0.3) is 0 Å². The molecule has 4 nitrogen and oxygen atoms in total. The average Bonchev–Trinajstić information content (AvgIpc) is 2.03. The van der Waals surface area contributed by atoms with Crippen LogP contribution in [0.15, 0.2) is 0 Å². The van der Waals surface area contributed by atoms with Crippen molar-refractivity contribution in [3.63, 3.8) is 0 Å². The smallest absolute Gasteiger partial charge is 0.211 e. The van der Waals surface area contributed by atoms with Gasteiger partial charge >= 0.3 is 0 Å². The average molecular weight is 207 g/mol. The van der Waals surface area contributed by atoms with Crippen LogP contribution < -0.4 is 0 Å². The summed E-state index contributed by atoms with van der Waals surface area (Å²) in [6.45, 7) is 3.21. The highest BCUT2D eigenvalue weighted by atomic mass is 32.2. The minimum Gasteiger partial charge on any atom is -0.380 e. The van der Waals surface area contributed by atoms with Crippen molar-refractivity contribution in [3.05, 3.63) is 0 Å². The molecular formula is C8H17NO3S. The normalized spacial score (nSPS) is 31.9. The molecule has 5 heteroatoms. The summed E-state index contributed by atoms with van der Waals surface area (Å²) in [5.74, 6) is 0.447. The second-order valence-corrected chi connectivity index (χ2v) is 5.64. The monoisotopic (exact) mass is 207 g/mol. The van der Waals surface area contributed by atoms with Crippen LogP contribution in [0.25, 0.3) is 0 Å². The van der Waals surface area contributed by atoms with Gasteiger partial charge in [0.1, 0.15) is 0 Å².